The Morgan fingerprint density at radius 1 is 1.29 bits per heavy atom. The van der Waals surface area contributed by atoms with Gasteiger partial charge in [-0.25, -0.2) is 4.98 Å². The van der Waals surface area contributed by atoms with Crippen LogP contribution in [0.1, 0.15) is 37.9 Å². The van der Waals surface area contributed by atoms with Gasteiger partial charge in [0.15, 0.2) is 4.96 Å². The van der Waals surface area contributed by atoms with Crippen molar-refractivity contribution >= 4 is 45.6 Å². The lowest BCUT2D eigenvalue weighted by Gasteiger charge is -2.33. The van der Waals surface area contributed by atoms with Crippen LogP contribution in [0.15, 0.2) is 46.7 Å². The zero-order chi connectivity index (χ0) is 20.1. The maximum absolute atomic E-state index is 12.6. The molecule has 0 bridgehead atoms. The number of halogens is 1. The van der Waals surface area contributed by atoms with E-state index < -0.39 is 5.54 Å². The second kappa shape index (κ2) is 9.11. The fraction of sp³-hybridized carbons (Fsp3) is 0.350. The number of benzene rings is 1. The third-order valence-electron chi connectivity index (χ3n) is 4.82. The molecule has 5 nitrogen and oxygen atoms in total. The van der Waals surface area contributed by atoms with Gasteiger partial charge in [0.05, 0.1) is 17.0 Å². The summed E-state index contributed by atoms with van der Waals surface area (Å²) in [6.07, 6.45) is 3.29. The Morgan fingerprint density at radius 3 is 2.68 bits per heavy atom. The van der Waals surface area contributed by atoms with Crippen LogP contribution in [-0.4, -0.2) is 21.0 Å². The van der Waals surface area contributed by atoms with Crippen LogP contribution in [0.2, 0.25) is 5.02 Å². The molecule has 0 aliphatic rings. The number of carbonyl (C=O) groups excluding carboxylic acids is 1. The summed E-state index contributed by atoms with van der Waals surface area (Å²) in [5.41, 5.74) is 1.25. The van der Waals surface area contributed by atoms with Crippen LogP contribution in [0, 0.1) is 0 Å². The lowest BCUT2D eigenvalue weighted by molar-refractivity contribution is -0.120. The molecule has 0 spiro atoms. The van der Waals surface area contributed by atoms with Gasteiger partial charge in [-0.2, -0.15) is 0 Å². The van der Waals surface area contributed by atoms with Crippen LogP contribution in [0.25, 0.3) is 4.96 Å². The first-order valence-corrected chi connectivity index (χ1v) is 11.5. The highest BCUT2D eigenvalue weighted by Gasteiger charge is 2.30. The molecule has 1 N–H and O–H groups in total. The lowest BCUT2D eigenvalue weighted by Crippen LogP contribution is -2.45. The molecule has 0 atom stereocenters. The molecule has 0 saturated carbocycles. The van der Waals surface area contributed by atoms with E-state index in [1.165, 1.54) is 33.6 Å². The van der Waals surface area contributed by atoms with Gasteiger partial charge in [0.1, 0.15) is 0 Å². The molecule has 0 radical (unpaired) electrons. The van der Waals surface area contributed by atoms with Gasteiger partial charge in [0, 0.05) is 28.4 Å². The fourth-order valence-corrected chi connectivity index (χ4v) is 4.77. The number of carbonyl (C=O) groups is 1. The number of hydrogen-bond donors (Lipinski definition) is 1. The quantitative estimate of drug-likeness (QED) is 0.566. The van der Waals surface area contributed by atoms with Gasteiger partial charge in [0.25, 0.3) is 5.56 Å². The first-order chi connectivity index (χ1) is 13.5. The van der Waals surface area contributed by atoms with Crippen molar-refractivity contribution in [2.24, 2.45) is 0 Å². The monoisotopic (exact) mass is 435 g/mol. The standard InChI is InChI=1S/C20H22ClN3O2S2/c1-3-20(4-2,14-5-7-15(21)8-6-14)23-17(25)13-27-12-16-11-18(26)24-9-10-28-19(24)22-16/h5-11H,3-4,12-13H2,1-2H3,(H,23,25). The first kappa shape index (κ1) is 20.9. The Balaban J connectivity index is 1.63. The minimum atomic E-state index is -0.408. The van der Waals surface area contributed by atoms with Crippen molar-refractivity contribution in [3.63, 3.8) is 0 Å². The Labute approximate surface area is 177 Å². The largest absolute Gasteiger partial charge is 0.346 e. The predicted molar refractivity (Wildman–Crippen MR) is 117 cm³/mol. The number of nitrogens with one attached hydrogen (secondary N) is 1. The molecule has 2 heterocycles. The van der Waals surface area contributed by atoms with Gasteiger partial charge in [-0.1, -0.05) is 37.6 Å². The lowest BCUT2D eigenvalue weighted by atomic mass is 9.84. The smallest absolute Gasteiger partial charge is 0.258 e. The van der Waals surface area contributed by atoms with E-state index in [9.17, 15) is 9.59 Å². The van der Waals surface area contributed by atoms with Crippen LogP contribution >= 0.6 is 34.7 Å². The normalized spacial score (nSPS) is 11.7. The van der Waals surface area contributed by atoms with Crippen molar-refractivity contribution in [1.29, 1.82) is 0 Å². The van der Waals surface area contributed by atoms with Crippen LogP contribution in [0.5, 0.6) is 0 Å². The average molecular weight is 436 g/mol. The van der Waals surface area contributed by atoms with E-state index in [0.717, 1.165) is 18.4 Å². The SMILES string of the molecule is CCC(CC)(NC(=O)CSCc1cc(=O)n2ccsc2n1)c1ccc(Cl)cc1. The topological polar surface area (TPSA) is 63.5 Å². The number of thiazole rings is 1. The Bertz CT molecular complexity index is 1010. The van der Waals surface area contributed by atoms with Gasteiger partial charge < -0.3 is 5.32 Å². The summed E-state index contributed by atoms with van der Waals surface area (Å²) in [6, 6.07) is 9.17. The van der Waals surface area contributed by atoms with Gasteiger partial charge in [-0.15, -0.1) is 23.1 Å². The van der Waals surface area contributed by atoms with E-state index in [1.54, 1.807) is 6.20 Å². The highest BCUT2D eigenvalue weighted by molar-refractivity contribution is 7.99. The minimum Gasteiger partial charge on any atom is -0.346 e. The van der Waals surface area contributed by atoms with Gasteiger partial charge in [-0.05, 0) is 30.5 Å². The molecule has 0 unspecified atom stereocenters. The highest BCUT2D eigenvalue weighted by Crippen LogP contribution is 2.30. The summed E-state index contributed by atoms with van der Waals surface area (Å²) >= 11 is 8.88. The molecule has 0 aliphatic heterocycles. The first-order valence-electron chi connectivity index (χ1n) is 9.08. The number of hydrogen-bond acceptors (Lipinski definition) is 5. The van der Waals surface area contributed by atoms with Gasteiger partial charge in [0.2, 0.25) is 5.91 Å². The van der Waals surface area contributed by atoms with Crippen LogP contribution in [0.3, 0.4) is 0 Å². The van der Waals surface area contributed by atoms with Crippen LogP contribution in [0.4, 0.5) is 0 Å². The van der Waals surface area contributed by atoms with E-state index in [4.69, 9.17) is 11.6 Å². The number of thioether (sulfide) groups is 1. The van der Waals surface area contributed by atoms with E-state index in [-0.39, 0.29) is 11.5 Å². The molecule has 3 aromatic rings. The summed E-state index contributed by atoms with van der Waals surface area (Å²) in [6.45, 7) is 4.14. The molecule has 0 fully saturated rings. The van der Waals surface area contributed by atoms with Crippen molar-refractivity contribution in [1.82, 2.24) is 14.7 Å². The number of amides is 1. The predicted octanol–water partition coefficient (Wildman–Crippen LogP) is 4.47. The zero-order valence-corrected chi connectivity index (χ0v) is 18.2. The highest BCUT2D eigenvalue weighted by atomic mass is 35.5. The number of fused-ring (bicyclic) bond motifs is 1. The Hall–Kier alpha value is -1.83. The number of aromatic nitrogens is 2. The molecular weight excluding hydrogens is 414 g/mol. The van der Waals surface area contributed by atoms with Crippen molar-refractivity contribution in [2.45, 2.75) is 38.0 Å². The fourth-order valence-electron chi connectivity index (χ4n) is 3.19. The summed E-state index contributed by atoms with van der Waals surface area (Å²) in [7, 11) is 0. The van der Waals surface area contributed by atoms with Gasteiger partial charge >= 0.3 is 0 Å². The zero-order valence-electron chi connectivity index (χ0n) is 15.8. The maximum atomic E-state index is 12.6. The van der Waals surface area contributed by atoms with Crippen molar-refractivity contribution in [3.05, 3.63) is 68.5 Å². The molecule has 148 valence electrons. The maximum Gasteiger partial charge on any atom is 0.258 e. The second-order valence-corrected chi connectivity index (χ2v) is 8.77. The molecule has 1 aromatic carbocycles. The minimum absolute atomic E-state index is 0.0300. The molecule has 2 aromatic heterocycles. The Morgan fingerprint density at radius 2 is 2.00 bits per heavy atom. The van der Waals surface area contributed by atoms with Gasteiger partial charge in [-0.3, -0.25) is 14.0 Å². The molecule has 8 heteroatoms. The summed E-state index contributed by atoms with van der Waals surface area (Å²) in [5, 5.41) is 5.71. The third-order valence-corrected chi connectivity index (χ3v) is 6.80. The molecule has 1 amide bonds. The summed E-state index contributed by atoms with van der Waals surface area (Å²) in [4.78, 5) is 29.8. The molecule has 3 rings (SSSR count). The number of rotatable bonds is 8. The van der Waals surface area contributed by atoms with Crippen molar-refractivity contribution in [3.8, 4) is 0 Å². The molecular formula is C20H22ClN3O2S2. The second-order valence-electron chi connectivity index (χ2n) is 6.48. The molecule has 0 aliphatic carbocycles. The van der Waals surface area contributed by atoms with Crippen molar-refractivity contribution < 1.29 is 4.79 Å². The summed E-state index contributed by atoms with van der Waals surface area (Å²) < 4.78 is 1.52. The molecule has 28 heavy (non-hydrogen) atoms. The molecule has 0 saturated heterocycles. The van der Waals surface area contributed by atoms with Crippen LogP contribution in [-0.2, 0) is 16.1 Å². The third kappa shape index (κ3) is 4.59. The van der Waals surface area contributed by atoms with Crippen molar-refractivity contribution in [2.75, 3.05) is 5.75 Å². The average Bonchev–Trinajstić information content (AvgIpc) is 3.16. The van der Waals surface area contributed by atoms with E-state index >= 15 is 0 Å². The Kier molecular flexibility index (Phi) is 6.80. The number of nitrogens with zero attached hydrogens (tertiary/aromatic N) is 2. The summed E-state index contributed by atoms with van der Waals surface area (Å²) in [5.74, 6) is 0.793. The van der Waals surface area contributed by atoms with E-state index in [2.05, 4.69) is 24.1 Å². The van der Waals surface area contributed by atoms with E-state index in [1.807, 2.05) is 29.6 Å². The van der Waals surface area contributed by atoms with Crippen LogP contribution < -0.4 is 10.9 Å². The van der Waals surface area contributed by atoms with E-state index in [0.29, 0.717) is 27.2 Å².